The molecule has 0 saturated carbocycles. The number of hydrogen-bond acceptors (Lipinski definition) is 4. The first-order chi connectivity index (χ1) is 13.8. The van der Waals surface area contributed by atoms with Crippen LogP contribution in [0.5, 0.6) is 0 Å². The summed E-state index contributed by atoms with van der Waals surface area (Å²) < 4.78 is 28.9. The molecule has 0 amide bonds. The molecule has 0 unspecified atom stereocenters. The highest BCUT2D eigenvalue weighted by atomic mass is 32.1. The average Bonchev–Trinajstić information content (AvgIpc) is 2.96. The zero-order chi connectivity index (χ0) is 21.3. The molecule has 0 aliphatic heterocycles. The fraction of sp³-hybridized carbons (Fsp3) is 0.136. The number of rotatable bonds is 2. The molecule has 0 atom stereocenters. The number of nitriles is 2. The molecule has 29 heavy (non-hydrogen) atoms. The molecule has 7 heteroatoms. The van der Waals surface area contributed by atoms with Crippen LogP contribution in [0.15, 0.2) is 35.1 Å². The number of aryl methyl sites for hydroxylation is 3. The number of benzene rings is 2. The van der Waals surface area contributed by atoms with Gasteiger partial charge < -0.3 is 0 Å². The van der Waals surface area contributed by atoms with Crippen LogP contribution < -0.4 is 14.8 Å². The standard InChI is InChI=1S/C22H15F2N3OS/c1-12-6-13(2)17(14(3)7-12)9-20-21(28)27(22(29-20)15(10-25)11-26)19-5-4-16(23)8-18(19)24/h4-9H,1-3H3/b20-9-. The molecule has 3 rings (SSSR count). The molecule has 2 aromatic carbocycles. The maximum atomic E-state index is 14.4. The first-order valence-electron chi connectivity index (χ1n) is 8.58. The van der Waals surface area contributed by atoms with Gasteiger partial charge in [0.2, 0.25) is 0 Å². The van der Waals surface area contributed by atoms with Crippen molar-refractivity contribution in [1.82, 2.24) is 4.57 Å². The second-order valence-corrected chi connectivity index (χ2v) is 7.59. The second-order valence-electron chi connectivity index (χ2n) is 6.56. The molecule has 0 fully saturated rings. The third-order valence-corrected chi connectivity index (χ3v) is 5.52. The van der Waals surface area contributed by atoms with Gasteiger partial charge in [0.15, 0.2) is 5.57 Å². The van der Waals surface area contributed by atoms with E-state index in [4.69, 9.17) is 0 Å². The Morgan fingerprint density at radius 1 is 1.07 bits per heavy atom. The van der Waals surface area contributed by atoms with Gasteiger partial charge in [0.25, 0.3) is 5.56 Å². The van der Waals surface area contributed by atoms with Gasteiger partial charge in [-0.2, -0.15) is 10.5 Å². The van der Waals surface area contributed by atoms with Crippen molar-refractivity contribution in [3.05, 3.63) is 83.8 Å². The number of nitrogens with zero attached hydrogens (tertiary/aromatic N) is 3. The molecule has 0 aliphatic carbocycles. The lowest BCUT2D eigenvalue weighted by molar-refractivity contribution is 0.576. The first kappa shape index (κ1) is 20.2. The number of hydrogen-bond donors (Lipinski definition) is 0. The van der Waals surface area contributed by atoms with Crippen molar-refractivity contribution >= 4 is 23.0 Å². The van der Waals surface area contributed by atoms with Gasteiger partial charge >= 0.3 is 0 Å². The molecule has 4 nitrogen and oxygen atoms in total. The summed E-state index contributed by atoms with van der Waals surface area (Å²) in [4.78, 5) is 13.1. The van der Waals surface area contributed by atoms with Crippen LogP contribution in [0.2, 0.25) is 0 Å². The van der Waals surface area contributed by atoms with E-state index in [0.29, 0.717) is 6.07 Å². The molecule has 0 bridgehead atoms. The Morgan fingerprint density at radius 2 is 1.69 bits per heavy atom. The van der Waals surface area contributed by atoms with Gasteiger partial charge in [-0.1, -0.05) is 17.7 Å². The highest BCUT2D eigenvalue weighted by molar-refractivity contribution is 7.07. The third-order valence-electron chi connectivity index (χ3n) is 4.43. The summed E-state index contributed by atoms with van der Waals surface area (Å²) in [6.45, 7) is 5.81. The summed E-state index contributed by atoms with van der Waals surface area (Å²) in [5.41, 5.74) is 2.71. The predicted octanol–water partition coefficient (Wildman–Crippen LogP) is 3.13. The Morgan fingerprint density at radius 3 is 2.24 bits per heavy atom. The Balaban J connectivity index is 2.46. The lowest BCUT2D eigenvalue weighted by Crippen LogP contribution is -2.31. The number of thiazole rings is 1. The van der Waals surface area contributed by atoms with Gasteiger partial charge in [0, 0.05) is 6.07 Å². The smallest absolute Gasteiger partial charge is 0.267 e. The van der Waals surface area contributed by atoms with E-state index in [0.717, 1.165) is 50.3 Å². The molecular formula is C22H15F2N3OS. The van der Waals surface area contributed by atoms with Gasteiger partial charge in [-0.25, -0.2) is 8.78 Å². The third kappa shape index (κ3) is 3.73. The van der Waals surface area contributed by atoms with E-state index in [9.17, 15) is 24.1 Å². The van der Waals surface area contributed by atoms with Crippen LogP contribution in [0.3, 0.4) is 0 Å². The number of aromatic nitrogens is 1. The molecule has 1 aromatic heterocycles. The predicted molar refractivity (Wildman–Crippen MR) is 108 cm³/mol. The largest absolute Gasteiger partial charge is 0.273 e. The van der Waals surface area contributed by atoms with Gasteiger partial charge in [-0.15, -0.1) is 11.3 Å². The number of halogens is 2. The van der Waals surface area contributed by atoms with Crippen molar-refractivity contribution in [1.29, 1.82) is 10.5 Å². The van der Waals surface area contributed by atoms with Crippen LogP contribution in [0.1, 0.15) is 22.3 Å². The van der Waals surface area contributed by atoms with E-state index in [1.54, 1.807) is 18.2 Å². The van der Waals surface area contributed by atoms with Crippen molar-refractivity contribution in [2.45, 2.75) is 20.8 Å². The summed E-state index contributed by atoms with van der Waals surface area (Å²) in [7, 11) is 0. The monoisotopic (exact) mass is 407 g/mol. The van der Waals surface area contributed by atoms with Crippen molar-refractivity contribution in [2.75, 3.05) is 0 Å². The van der Waals surface area contributed by atoms with Crippen molar-refractivity contribution in [3.63, 3.8) is 0 Å². The van der Waals surface area contributed by atoms with Crippen LogP contribution in [0.4, 0.5) is 8.78 Å². The van der Waals surface area contributed by atoms with Crippen LogP contribution in [0.25, 0.3) is 17.3 Å². The Hall–Kier alpha value is -3.55. The van der Waals surface area contributed by atoms with Crippen molar-refractivity contribution < 1.29 is 8.78 Å². The molecule has 0 radical (unpaired) electrons. The zero-order valence-corrected chi connectivity index (χ0v) is 16.7. The van der Waals surface area contributed by atoms with E-state index >= 15 is 0 Å². The average molecular weight is 407 g/mol. The lowest BCUT2D eigenvalue weighted by atomic mass is 10.00. The fourth-order valence-electron chi connectivity index (χ4n) is 3.20. The molecule has 1 heterocycles. The minimum absolute atomic E-state index is 0.000763. The Kier molecular flexibility index (Phi) is 5.45. The minimum Gasteiger partial charge on any atom is -0.267 e. The highest BCUT2D eigenvalue weighted by Crippen LogP contribution is 2.17. The highest BCUT2D eigenvalue weighted by Gasteiger charge is 2.15. The summed E-state index contributed by atoms with van der Waals surface area (Å²) in [5, 5.41) is 18.6. The Labute approximate surface area is 169 Å². The molecule has 0 saturated heterocycles. The SMILES string of the molecule is Cc1cc(C)c(/C=c2\sc(=C(C#N)C#N)n(-c3ccc(F)cc3F)c2=O)c(C)c1. The van der Waals surface area contributed by atoms with Crippen molar-refractivity contribution in [2.24, 2.45) is 0 Å². The van der Waals surface area contributed by atoms with Gasteiger partial charge in [-0.05, 0) is 55.7 Å². The van der Waals surface area contributed by atoms with Crippen molar-refractivity contribution in [3.8, 4) is 17.8 Å². The summed E-state index contributed by atoms with van der Waals surface area (Å²) >= 11 is 0.920. The van der Waals surface area contributed by atoms with E-state index in [1.165, 1.54) is 0 Å². The van der Waals surface area contributed by atoms with Gasteiger partial charge in [0.1, 0.15) is 28.4 Å². The van der Waals surface area contributed by atoms with E-state index in [-0.39, 0.29) is 20.5 Å². The molecule has 0 spiro atoms. The summed E-state index contributed by atoms with van der Waals surface area (Å²) in [6, 6.07) is 10.2. The molecular weight excluding hydrogens is 392 g/mol. The van der Waals surface area contributed by atoms with Crippen LogP contribution in [-0.4, -0.2) is 4.57 Å². The van der Waals surface area contributed by atoms with E-state index < -0.39 is 17.2 Å². The maximum Gasteiger partial charge on any atom is 0.273 e. The fourth-order valence-corrected chi connectivity index (χ4v) is 4.23. The molecule has 0 aliphatic rings. The summed E-state index contributed by atoms with van der Waals surface area (Å²) in [6.07, 6.45) is 1.67. The van der Waals surface area contributed by atoms with E-state index in [2.05, 4.69) is 0 Å². The first-order valence-corrected chi connectivity index (χ1v) is 9.39. The maximum absolute atomic E-state index is 14.4. The van der Waals surface area contributed by atoms with Gasteiger partial charge in [0.05, 0.1) is 10.2 Å². The molecule has 144 valence electrons. The minimum atomic E-state index is -0.962. The van der Waals surface area contributed by atoms with E-state index in [1.807, 2.05) is 32.9 Å². The van der Waals surface area contributed by atoms with Crippen LogP contribution in [-0.2, 0) is 0 Å². The molecule has 3 aromatic rings. The summed E-state index contributed by atoms with van der Waals surface area (Å²) in [5.74, 6) is -1.76. The zero-order valence-electron chi connectivity index (χ0n) is 15.9. The molecule has 0 N–H and O–H groups in total. The second kappa shape index (κ2) is 7.83. The van der Waals surface area contributed by atoms with Gasteiger partial charge in [-0.3, -0.25) is 9.36 Å². The lowest BCUT2D eigenvalue weighted by Gasteiger charge is -2.06. The quantitative estimate of drug-likeness (QED) is 0.655. The Bertz CT molecular complexity index is 1360. The topological polar surface area (TPSA) is 69.6 Å². The normalized spacial score (nSPS) is 11.2. The van der Waals surface area contributed by atoms with Crippen LogP contribution in [0, 0.1) is 55.1 Å². The van der Waals surface area contributed by atoms with Crippen LogP contribution >= 0.6 is 11.3 Å².